The Labute approximate surface area is 366 Å². The van der Waals surface area contributed by atoms with Gasteiger partial charge in [0.15, 0.2) is 0 Å². The van der Waals surface area contributed by atoms with Gasteiger partial charge < -0.3 is 40.4 Å². The lowest BCUT2D eigenvalue weighted by Crippen LogP contribution is -2.54. The number of aromatic amines is 1. The average molecular weight is 886 g/mol. The second-order valence-corrected chi connectivity index (χ2v) is 15.9. The van der Waals surface area contributed by atoms with Crippen molar-refractivity contribution in [3.63, 3.8) is 0 Å². The number of hydrogen-bond acceptors (Lipinski definition) is 11. The van der Waals surface area contributed by atoms with Crippen molar-refractivity contribution >= 4 is 63.6 Å². The van der Waals surface area contributed by atoms with E-state index in [4.69, 9.17) is 9.47 Å². The molecule has 6 N–H and O–H groups in total. The summed E-state index contributed by atoms with van der Waals surface area (Å²) in [4.78, 5) is 93.9. The highest BCUT2D eigenvalue weighted by Crippen LogP contribution is 2.32. The van der Waals surface area contributed by atoms with E-state index in [-0.39, 0.29) is 54.9 Å². The molecule has 0 aliphatic carbocycles. The molecule has 0 saturated carbocycles. The van der Waals surface area contributed by atoms with Crippen LogP contribution in [0.4, 0.5) is 20.2 Å². The Morgan fingerprint density at radius 3 is 2.23 bits per heavy atom. The predicted octanol–water partition coefficient (Wildman–Crippen LogP) is 3.46. The Balaban J connectivity index is 0.719. The van der Waals surface area contributed by atoms with Crippen molar-refractivity contribution in [1.82, 2.24) is 25.8 Å². The molecule has 19 heteroatoms. The molecule has 0 spiro atoms. The van der Waals surface area contributed by atoms with E-state index in [9.17, 15) is 47.4 Å². The van der Waals surface area contributed by atoms with Crippen LogP contribution in [0.5, 0.6) is 0 Å². The summed E-state index contributed by atoms with van der Waals surface area (Å²) in [6.45, 7) is 3.04. The monoisotopic (exact) mass is 885 g/mol. The van der Waals surface area contributed by atoms with E-state index in [1.807, 2.05) is 0 Å². The van der Waals surface area contributed by atoms with Crippen LogP contribution in [-0.4, -0.2) is 114 Å². The van der Waals surface area contributed by atoms with Crippen molar-refractivity contribution in [3.8, 4) is 0 Å². The number of nitrogens with zero attached hydrogens (tertiary/aromatic N) is 2. The van der Waals surface area contributed by atoms with Crippen LogP contribution in [0.3, 0.4) is 0 Å². The van der Waals surface area contributed by atoms with Gasteiger partial charge in [0.1, 0.15) is 23.4 Å². The molecule has 1 aromatic heterocycles. The van der Waals surface area contributed by atoms with Crippen molar-refractivity contribution in [2.45, 2.75) is 69.6 Å². The summed E-state index contributed by atoms with van der Waals surface area (Å²) in [6, 6.07) is 13.4. The number of imide groups is 2. The summed E-state index contributed by atoms with van der Waals surface area (Å²) in [7, 11) is 0. The zero-order chi connectivity index (χ0) is 45.4. The van der Waals surface area contributed by atoms with Crippen LogP contribution in [0.2, 0.25) is 0 Å². The molecule has 3 aromatic carbocycles. The number of anilines is 2. The van der Waals surface area contributed by atoms with Gasteiger partial charge in [0.05, 0.1) is 11.1 Å². The van der Waals surface area contributed by atoms with Crippen LogP contribution in [0.25, 0.3) is 10.9 Å². The fourth-order valence-electron chi connectivity index (χ4n) is 7.85. The number of carbonyl (C=O) groups is 7. The SMILES string of the molecule is O=C1CCC(N2C(=O)c3ccc(NCCCCOCCCOCCCCNC(=O)c4cc5cc(N6CCC(O)(C(=O)NCc7cc(F)cc(F)c7)C6=O)ccc5[nH]4)cc3C2=O)C(=O)N1. The number of piperidine rings is 1. The first-order chi connectivity index (χ1) is 30.8. The third kappa shape index (κ3) is 10.4. The van der Waals surface area contributed by atoms with Crippen LogP contribution >= 0.6 is 0 Å². The number of carbonyl (C=O) groups excluding carboxylic acids is 7. The zero-order valence-electron chi connectivity index (χ0n) is 34.9. The highest BCUT2D eigenvalue weighted by atomic mass is 19.1. The Kier molecular flexibility index (Phi) is 14.4. The van der Waals surface area contributed by atoms with Gasteiger partial charge in [-0.3, -0.25) is 43.8 Å². The molecule has 338 valence electrons. The van der Waals surface area contributed by atoms with Gasteiger partial charge in [-0.05, 0) is 98.7 Å². The number of rotatable bonds is 21. The van der Waals surface area contributed by atoms with Crippen molar-refractivity contribution in [1.29, 1.82) is 0 Å². The smallest absolute Gasteiger partial charge is 0.268 e. The molecular formula is C45H49F2N7O10. The summed E-state index contributed by atoms with van der Waals surface area (Å²) in [5.41, 5.74) is 0.329. The molecule has 64 heavy (non-hydrogen) atoms. The maximum Gasteiger partial charge on any atom is 0.268 e. The summed E-state index contributed by atoms with van der Waals surface area (Å²) in [5.74, 6) is -5.89. The molecule has 3 aliphatic rings. The first-order valence-corrected chi connectivity index (χ1v) is 21.3. The molecule has 3 aliphatic heterocycles. The Morgan fingerprint density at radius 1 is 0.797 bits per heavy atom. The van der Waals surface area contributed by atoms with Crippen molar-refractivity contribution in [2.24, 2.45) is 0 Å². The number of unbranched alkanes of at least 4 members (excludes halogenated alkanes) is 2. The fraction of sp³-hybridized carbons (Fsp3) is 0.400. The van der Waals surface area contributed by atoms with E-state index in [2.05, 4.69) is 26.3 Å². The number of fused-ring (bicyclic) bond motifs is 2. The first-order valence-electron chi connectivity index (χ1n) is 21.3. The number of hydrogen-bond donors (Lipinski definition) is 6. The Morgan fingerprint density at radius 2 is 1.50 bits per heavy atom. The normalized spacial score (nSPS) is 18.5. The second-order valence-electron chi connectivity index (χ2n) is 15.9. The van der Waals surface area contributed by atoms with Crippen molar-refractivity contribution in [3.05, 3.63) is 94.7 Å². The van der Waals surface area contributed by atoms with Crippen LogP contribution in [0.15, 0.2) is 60.7 Å². The maximum atomic E-state index is 13.5. The number of H-pyrrole nitrogens is 1. The molecule has 17 nitrogen and oxygen atoms in total. The number of benzene rings is 3. The molecule has 2 unspecified atom stereocenters. The fourth-order valence-corrected chi connectivity index (χ4v) is 7.85. The zero-order valence-corrected chi connectivity index (χ0v) is 34.9. The minimum Gasteiger partial charge on any atom is -0.385 e. The lowest BCUT2D eigenvalue weighted by Gasteiger charge is -2.27. The molecule has 2 saturated heterocycles. The predicted molar refractivity (Wildman–Crippen MR) is 227 cm³/mol. The van der Waals surface area contributed by atoms with Crippen LogP contribution < -0.4 is 26.2 Å². The Bertz CT molecular complexity index is 2440. The van der Waals surface area contributed by atoms with Gasteiger partial charge >= 0.3 is 0 Å². The number of aromatic nitrogens is 1. The number of nitrogens with one attached hydrogen (secondary N) is 5. The van der Waals surface area contributed by atoms with Gasteiger partial charge in [-0.15, -0.1) is 0 Å². The molecule has 0 bridgehead atoms. The van der Waals surface area contributed by atoms with E-state index in [0.29, 0.717) is 80.0 Å². The van der Waals surface area contributed by atoms with Gasteiger partial charge in [-0.2, -0.15) is 0 Å². The van der Waals surface area contributed by atoms with E-state index in [0.717, 1.165) is 42.7 Å². The van der Waals surface area contributed by atoms with Crippen molar-refractivity contribution < 1.29 is 56.9 Å². The highest BCUT2D eigenvalue weighted by Gasteiger charge is 2.52. The average Bonchev–Trinajstić information content (AvgIpc) is 3.91. The number of amides is 7. The molecule has 7 amide bonds. The van der Waals surface area contributed by atoms with E-state index >= 15 is 0 Å². The van der Waals surface area contributed by atoms with Gasteiger partial charge in [0.2, 0.25) is 17.4 Å². The first kappa shape index (κ1) is 45.5. The standard InChI is InChI=1S/C45H49F2N7O10/c46-29-20-27(21-30(47)24-29)26-50-43(60)45(62)12-15-53(44(45)61)32-7-9-35-28(22-32)23-36(51-35)39(56)49-14-2-4-17-64-19-5-18-63-16-3-1-13-48-31-6-8-33-34(25-31)42(59)54(41(33)58)37-10-11-38(55)52-40(37)57/h6-9,20-25,37,48,51,62H,1-5,10-19,26H2,(H,49,56)(H,50,60)(H,52,55,57). The quantitative estimate of drug-likeness (QED) is 0.0404. The largest absolute Gasteiger partial charge is 0.385 e. The molecule has 2 fully saturated rings. The summed E-state index contributed by atoms with van der Waals surface area (Å²) in [5, 5.41) is 22.4. The summed E-state index contributed by atoms with van der Waals surface area (Å²) >= 11 is 0. The van der Waals surface area contributed by atoms with E-state index < -0.39 is 58.7 Å². The highest BCUT2D eigenvalue weighted by molar-refractivity contribution is 6.24. The lowest BCUT2D eigenvalue weighted by atomic mass is 10.0. The van der Waals surface area contributed by atoms with Gasteiger partial charge in [-0.25, -0.2) is 8.78 Å². The van der Waals surface area contributed by atoms with Crippen LogP contribution in [0.1, 0.15) is 88.1 Å². The number of halogens is 2. The van der Waals surface area contributed by atoms with Crippen LogP contribution in [0, 0.1) is 11.6 Å². The van der Waals surface area contributed by atoms with E-state index in [1.54, 1.807) is 42.5 Å². The molecule has 7 rings (SSSR count). The minimum atomic E-state index is -2.36. The lowest BCUT2D eigenvalue weighted by molar-refractivity contribution is -0.149. The topological polar surface area (TPSA) is 229 Å². The molecular weight excluding hydrogens is 837 g/mol. The third-order valence-electron chi connectivity index (χ3n) is 11.3. The molecule has 2 atom stereocenters. The van der Waals surface area contributed by atoms with Crippen LogP contribution in [-0.2, 0) is 35.2 Å². The third-order valence-corrected chi connectivity index (χ3v) is 11.3. The van der Waals surface area contributed by atoms with Gasteiger partial charge in [0, 0.05) is 93.8 Å². The van der Waals surface area contributed by atoms with Crippen molar-refractivity contribution in [2.75, 3.05) is 56.3 Å². The molecule has 4 heterocycles. The Hall–Kier alpha value is -6.57. The summed E-state index contributed by atoms with van der Waals surface area (Å²) in [6.07, 6.45) is 3.78. The molecule has 0 radical (unpaired) electrons. The van der Waals surface area contributed by atoms with E-state index in [1.165, 1.54) is 4.90 Å². The second kappa shape index (κ2) is 20.3. The minimum absolute atomic E-state index is 0.0499. The summed E-state index contributed by atoms with van der Waals surface area (Å²) < 4.78 is 38.5. The molecule has 4 aromatic rings. The van der Waals surface area contributed by atoms with Gasteiger partial charge in [0.25, 0.3) is 29.5 Å². The maximum absolute atomic E-state index is 13.5. The number of ether oxygens (including phenoxy) is 2. The van der Waals surface area contributed by atoms with Gasteiger partial charge in [-0.1, -0.05) is 0 Å². The number of aliphatic hydroxyl groups is 1.